The van der Waals surface area contributed by atoms with Gasteiger partial charge in [0.1, 0.15) is 0 Å². The maximum atomic E-state index is 13.0. The lowest BCUT2D eigenvalue weighted by atomic mass is 10.0. The predicted octanol–water partition coefficient (Wildman–Crippen LogP) is 5.19. The van der Waals surface area contributed by atoms with Crippen LogP contribution in [0.25, 0.3) is 11.1 Å². The highest BCUT2D eigenvalue weighted by Crippen LogP contribution is 2.32. The van der Waals surface area contributed by atoms with Crippen LogP contribution in [0.3, 0.4) is 0 Å². The number of benzene rings is 3. The number of anilines is 1. The van der Waals surface area contributed by atoms with E-state index < -0.39 is 0 Å². The van der Waals surface area contributed by atoms with Gasteiger partial charge < -0.3 is 14.7 Å². The van der Waals surface area contributed by atoms with Crippen LogP contribution in [-0.4, -0.2) is 24.2 Å². The zero-order chi connectivity index (χ0) is 21.6. The maximum absolute atomic E-state index is 13.0. The van der Waals surface area contributed by atoms with E-state index in [0.717, 1.165) is 30.5 Å². The Morgan fingerprint density at radius 2 is 1.68 bits per heavy atom. The minimum Gasteiger partial charge on any atom is -0.392 e. The van der Waals surface area contributed by atoms with Crippen molar-refractivity contribution in [3.8, 4) is 11.1 Å². The van der Waals surface area contributed by atoms with Crippen molar-refractivity contribution in [2.75, 3.05) is 11.9 Å². The highest BCUT2D eigenvalue weighted by Gasteiger charge is 2.32. The summed E-state index contributed by atoms with van der Waals surface area (Å²) in [7, 11) is 1.82. The zero-order valence-corrected chi connectivity index (χ0v) is 17.9. The summed E-state index contributed by atoms with van der Waals surface area (Å²) < 4.78 is 6.25. The third kappa shape index (κ3) is 5.04. The minimum atomic E-state index is -0.0168. The van der Waals surface area contributed by atoms with Gasteiger partial charge in [0.05, 0.1) is 19.3 Å². The highest BCUT2D eigenvalue weighted by molar-refractivity contribution is 5.94. The van der Waals surface area contributed by atoms with Crippen molar-refractivity contribution >= 4 is 11.6 Å². The number of aliphatic hydroxyl groups is 1. The van der Waals surface area contributed by atoms with Crippen LogP contribution >= 0.6 is 0 Å². The van der Waals surface area contributed by atoms with Gasteiger partial charge in [-0.25, -0.2) is 0 Å². The summed E-state index contributed by atoms with van der Waals surface area (Å²) in [5, 5.41) is 9.20. The molecule has 0 heterocycles. The third-order valence-corrected chi connectivity index (χ3v) is 6.15. The highest BCUT2D eigenvalue weighted by atomic mass is 16.5. The molecule has 4 nitrogen and oxygen atoms in total. The molecule has 1 N–H and O–H groups in total. The molecule has 1 aliphatic rings. The molecule has 4 heteroatoms. The molecule has 0 spiro atoms. The van der Waals surface area contributed by atoms with Crippen LogP contribution in [0.4, 0.5) is 5.69 Å². The van der Waals surface area contributed by atoms with Crippen LogP contribution in [0.1, 0.15) is 30.4 Å². The van der Waals surface area contributed by atoms with E-state index >= 15 is 0 Å². The van der Waals surface area contributed by atoms with Crippen molar-refractivity contribution in [3.05, 3.63) is 90.0 Å². The molecule has 160 valence electrons. The smallest absolute Gasteiger partial charge is 0.229 e. The molecule has 1 unspecified atom stereocenters. The Balaban J connectivity index is 1.35. The largest absolute Gasteiger partial charge is 0.392 e. The monoisotopic (exact) mass is 415 g/mol. The van der Waals surface area contributed by atoms with Crippen molar-refractivity contribution in [3.63, 3.8) is 0 Å². The summed E-state index contributed by atoms with van der Waals surface area (Å²) in [5.74, 6) is 0.115. The predicted molar refractivity (Wildman–Crippen MR) is 124 cm³/mol. The average molecular weight is 416 g/mol. The lowest BCUT2D eigenvalue weighted by molar-refractivity contribution is -0.122. The van der Waals surface area contributed by atoms with E-state index in [4.69, 9.17) is 4.74 Å². The quantitative estimate of drug-likeness (QED) is 0.577. The molecular formula is C27H29NO3. The van der Waals surface area contributed by atoms with Crippen molar-refractivity contribution in [1.82, 2.24) is 0 Å². The fourth-order valence-electron chi connectivity index (χ4n) is 4.29. The Labute approximate surface area is 184 Å². The number of hydrogen-bond donors (Lipinski definition) is 1. The van der Waals surface area contributed by atoms with Gasteiger partial charge in [-0.05, 0) is 53.6 Å². The Kier molecular flexibility index (Phi) is 6.80. The van der Waals surface area contributed by atoms with Crippen LogP contribution in [-0.2, 0) is 22.7 Å². The van der Waals surface area contributed by atoms with E-state index in [1.807, 2.05) is 55.6 Å². The molecule has 3 aromatic rings. The Hall–Kier alpha value is -2.95. The second-order valence-corrected chi connectivity index (χ2v) is 8.19. The van der Waals surface area contributed by atoms with Gasteiger partial charge in [0.2, 0.25) is 5.91 Å². The zero-order valence-electron chi connectivity index (χ0n) is 17.9. The standard InChI is InChI=1S/C27H29NO3/c1-28(24-14-11-20(18-29)12-15-24)27(30)22-13-16-25(17-22)31-19-23-9-5-6-10-26(23)21-7-3-2-4-8-21/h2-12,14-15,22,25,29H,13,16-19H2,1H3/t22-,25?/m0/s1. The van der Waals surface area contributed by atoms with Gasteiger partial charge in [0.25, 0.3) is 0 Å². The number of nitrogens with zero attached hydrogens (tertiary/aromatic N) is 1. The first-order valence-corrected chi connectivity index (χ1v) is 10.9. The molecule has 3 aromatic carbocycles. The number of carbonyl (C=O) groups excluding carboxylic acids is 1. The van der Waals surface area contributed by atoms with E-state index in [1.165, 1.54) is 16.7 Å². The van der Waals surface area contributed by atoms with Crippen LogP contribution < -0.4 is 4.90 Å². The van der Waals surface area contributed by atoms with Crippen molar-refractivity contribution in [1.29, 1.82) is 0 Å². The lowest BCUT2D eigenvalue weighted by Crippen LogP contribution is -2.32. The van der Waals surface area contributed by atoms with Crippen LogP contribution in [0.15, 0.2) is 78.9 Å². The summed E-state index contributed by atoms with van der Waals surface area (Å²) >= 11 is 0. The number of rotatable bonds is 7. The molecule has 1 aliphatic carbocycles. The molecule has 0 saturated heterocycles. The number of carbonyl (C=O) groups is 1. The summed E-state index contributed by atoms with van der Waals surface area (Å²) in [6.07, 6.45) is 2.61. The van der Waals surface area contributed by atoms with Crippen molar-refractivity contribution in [2.24, 2.45) is 5.92 Å². The van der Waals surface area contributed by atoms with Crippen LogP contribution in [0, 0.1) is 5.92 Å². The number of aliphatic hydroxyl groups excluding tert-OH is 1. The fourth-order valence-corrected chi connectivity index (χ4v) is 4.29. The van der Waals surface area contributed by atoms with E-state index in [9.17, 15) is 9.90 Å². The number of ether oxygens (including phenoxy) is 1. The van der Waals surface area contributed by atoms with Gasteiger partial charge in [-0.3, -0.25) is 4.79 Å². The molecular weight excluding hydrogens is 386 g/mol. The molecule has 1 amide bonds. The van der Waals surface area contributed by atoms with E-state index in [0.29, 0.717) is 6.61 Å². The van der Waals surface area contributed by atoms with Crippen molar-refractivity contribution < 1.29 is 14.6 Å². The topological polar surface area (TPSA) is 49.8 Å². The van der Waals surface area contributed by atoms with Gasteiger partial charge in [-0.2, -0.15) is 0 Å². The second-order valence-electron chi connectivity index (χ2n) is 8.19. The third-order valence-electron chi connectivity index (χ3n) is 6.15. The van der Waals surface area contributed by atoms with Gasteiger partial charge in [-0.1, -0.05) is 66.7 Å². The second kappa shape index (κ2) is 9.90. The number of hydrogen-bond acceptors (Lipinski definition) is 3. The first kappa shape index (κ1) is 21.3. The molecule has 0 aromatic heterocycles. The van der Waals surface area contributed by atoms with E-state index in [-0.39, 0.29) is 24.5 Å². The summed E-state index contributed by atoms with van der Waals surface area (Å²) in [4.78, 5) is 14.7. The maximum Gasteiger partial charge on any atom is 0.229 e. The molecule has 4 rings (SSSR count). The van der Waals surface area contributed by atoms with Gasteiger partial charge in [-0.15, -0.1) is 0 Å². The summed E-state index contributed by atoms with van der Waals surface area (Å²) in [6.45, 7) is 0.558. The normalized spacial score (nSPS) is 18.1. The molecule has 1 saturated carbocycles. The van der Waals surface area contributed by atoms with Gasteiger partial charge in [0.15, 0.2) is 0 Å². The van der Waals surface area contributed by atoms with Crippen LogP contribution in [0.2, 0.25) is 0 Å². The number of amides is 1. The first-order chi connectivity index (χ1) is 15.2. The van der Waals surface area contributed by atoms with E-state index in [2.05, 4.69) is 30.3 Å². The molecule has 2 atom stereocenters. The Bertz CT molecular complexity index is 1000. The average Bonchev–Trinajstić information content (AvgIpc) is 3.31. The van der Waals surface area contributed by atoms with E-state index in [1.54, 1.807) is 4.90 Å². The molecule has 0 aliphatic heterocycles. The first-order valence-electron chi connectivity index (χ1n) is 10.9. The molecule has 0 radical (unpaired) electrons. The van der Waals surface area contributed by atoms with Gasteiger partial charge >= 0.3 is 0 Å². The SMILES string of the molecule is CN(C(=O)[C@H]1CCC(OCc2ccccc2-c2ccccc2)C1)c1ccc(CO)cc1. The van der Waals surface area contributed by atoms with Crippen molar-refractivity contribution in [2.45, 2.75) is 38.6 Å². The fraction of sp³-hybridized carbons (Fsp3) is 0.296. The molecule has 1 fully saturated rings. The Morgan fingerprint density at radius 1 is 0.968 bits per heavy atom. The minimum absolute atomic E-state index is 0.00693. The summed E-state index contributed by atoms with van der Waals surface area (Å²) in [5.41, 5.74) is 5.25. The van der Waals surface area contributed by atoms with Crippen LogP contribution in [0.5, 0.6) is 0 Å². The Morgan fingerprint density at radius 3 is 2.42 bits per heavy atom. The summed E-state index contributed by atoms with van der Waals surface area (Å²) in [6, 6.07) is 26.2. The molecule has 31 heavy (non-hydrogen) atoms. The lowest BCUT2D eigenvalue weighted by Gasteiger charge is -2.21. The van der Waals surface area contributed by atoms with Gasteiger partial charge in [0, 0.05) is 18.7 Å². The molecule has 0 bridgehead atoms.